The second kappa shape index (κ2) is 10.7. The minimum atomic E-state index is -4.52. The van der Waals surface area contributed by atoms with Gasteiger partial charge in [0, 0.05) is 28.6 Å². The van der Waals surface area contributed by atoms with E-state index in [2.05, 4.69) is 34.4 Å². The van der Waals surface area contributed by atoms with Crippen LogP contribution >= 0.6 is 0 Å². The molecule has 0 unspecified atom stereocenters. The summed E-state index contributed by atoms with van der Waals surface area (Å²) in [6.07, 6.45) is 1.37. The van der Waals surface area contributed by atoms with Gasteiger partial charge in [0.05, 0.1) is 5.56 Å². The second-order valence-corrected chi connectivity index (χ2v) is 7.65. The van der Waals surface area contributed by atoms with Crippen molar-refractivity contribution in [2.75, 3.05) is 10.6 Å². The molecule has 0 atom stereocenters. The molecule has 4 nitrogen and oxygen atoms in total. The number of halogens is 3. The molecule has 1 amide bonds. The summed E-state index contributed by atoms with van der Waals surface area (Å²) in [6.45, 7) is 5.93. The van der Waals surface area contributed by atoms with E-state index in [1.165, 1.54) is 0 Å². The van der Waals surface area contributed by atoms with Crippen LogP contribution in [-0.4, -0.2) is 10.9 Å². The van der Waals surface area contributed by atoms with E-state index < -0.39 is 17.6 Å². The van der Waals surface area contributed by atoms with E-state index in [0.29, 0.717) is 5.56 Å². The number of anilines is 2. The molecule has 0 radical (unpaired) electrons. The molecule has 0 aliphatic rings. The first-order valence-electron chi connectivity index (χ1n) is 10.7. The van der Waals surface area contributed by atoms with Crippen molar-refractivity contribution in [2.45, 2.75) is 33.4 Å². The van der Waals surface area contributed by atoms with E-state index in [4.69, 9.17) is 0 Å². The van der Waals surface area contributed by atoms with Crippen LogP contribution in [-0.2, 0) is 6.18 Å². The van der Waals surface area contributed by atoms with Crippen molar-refractivity contribution in [1.82, 2.24) is 4.98 Å². The van der Waals surface area contributed by atoms with Gasteiger partial charge in [-0.2, -0.15) is 13.2 Å². The highest BCUT2D eigenvalue weighted by Gasteiger charge is 2.30. The number of nitrogens with zero attached hydrogens (tertiary/aromatic N) is 1. The predicted octanol–water partition coefficient (Wildman–Crippen LogP) is 6.70. The molecule has 2 N–H and O–H groups in total. The third kappa shape index (κ3) is 6.48. The summed E-state index contributed by atoms with van der Waals surface area (Å²) < 4.78 is 38.7. The summed E-state index contributed by atoms with van der Waals surface area (Å²) in [4.78, 5) is 16.4. The summed E-state index contributed by atoms with van der Waals surface area (Å²) in [5.41, 5.74) is 3.78. The molecule has 2 aromatic carbocycles. The van der Waals surface area contributed by atoms with Crippen molar-refractivity contribution in [2.24, 2.45) is 0 Å². The summed E-state index contributed by atoms with van der Waals surface area (Å²) in [6, 6.07) is 12.4. The molecule has 0 aliphatic heterocycles. The van der Waals surface area contributed by atoms with Gasteiger partial charge in [-0.25, -0.2) is 4.98 Å². The topological polar surface area (TPSA) is 54.0 Å². The summed E-state index contributed by atoms with van der Waals surface area (Å²) in [5.74, 6) is 5.46. The Bertz CT molecular complexity index is 1280. The smallest absolute Gasteiger partial charge is 0.362 e. The van der Waals surface area contributed by atoms with E-state index in [9.17, 15) is 18.0 Å². The fourth-order valence-corrected chi connectivity index (χ4v) is 3.07. The molecule has 0 aliphatic carbocycles. The number of aryl methyl sites for hydroxylation is 2. The summed E-state index contributed by atoms with van der Waals surface area (Å²) in [5, 5.41) is 5.65. The number of nitrogens with one attached hydrogen (secondary N) is 2. The van der Waals surface area contributed by atoms with E-state index in [-0.39, 0.29) is 11.4 Å². The van der Waals surface area contributed by atoms with E-state index >= 15 is 0 Å². The number of pyridine rings is 1. The van der Waals surface area contributed by atoms with Crippen LogP contribution in [0.3, 0.4) is 0 Å². The van der Waals surface area contributed by atoms with Gasteiger partial charge in [-0.3, -0.25) is 4.79 Å². The number of hydrogen-bond acceptors (Lipinski definition) is 3. The normalized spacial score (nSPS) is 11.1. The van der Waals surface area contributed by atoms with Gasteiger partial charge in [0.1, 0.15) is 5.82 Å². The molecule has 0 spiro atoms. The average Bonchev–Trinajstić information content (AvgIpc) is 2.79. The number of alkyl halides is 3. The minimum Gasteiger partial charge on any atom is -0.362 e. The first-order chi connectivity index (χ1) is 16.2. The Kier molecular flexibility index (Phi) is 7.75. The lowest BCUT2D eigenvalue weighted by atomic mass is 10.0. The highest BCUT2D eigenvalue weighted by molar-refractivity contribution is 6.04. The van der Waals surface area contributed by atoms with Crippen LogP contribution in [0.2, 0.25) is 0 Å². The van der Waals surface area contributed by atoms with Crippen LogP contribution in [0.25, 0.3) is 0 Å². The SMILES string of the molecule is CC/C=C/Nc1ccc(C#Cc2cc(C(=O)Nc3cc(C(F)(F)F)ccn3)ccc2C)cc1C. The minimum absolute atomic E-state index is 0.175. The molecule has 3 rings (SSSR count). The fourth-order valence-electron chi connectivity index (χ4n) is 3.07. The summed E-state index contributed by atoms with van der Waals surface area (Å²) >= 11 is 0. The molecule has 34 heavy (non-hydrogen) atoms. The summed E-state index contributed by atoms with van der Waals surface area (Å²) in [7, 11) is 0. The first kappa shape index (κ1) is 24.6. The molecular weight excluding hydrogens is 439 g/mol. The number of allylic oxidation sites excluding steroid dienone is 1. The zero-order chi connectivity index (χ0) is 24.7. The van der Waals surface area contributed by atoms with Crippen LogP contribution in [0, 0.1) is 25.7 Å². The Labute approximate surface area is 196 Å². The fraction of sp³-hybridized carbons (Fsp3) is 0.185. The second-order valence-electron chi connectivity index (χ2n) is 7.65. The first-order valence-corrected chi connectivity index (χ1v) is 10.7. The lowest BCUT2D eigenvalue weighted by Gasteiger charge is -2.09. The quantitative estimate of drug-likeness (QED) is 0.414. The van der Waals surface area contributed by atoms with Gasteiger partial charge in [0.25, 0.3) is 5.91 Å². The third-order valence-electron chi connectivity index (χ3n) is 4.99. The number of carbonyl (C=O) groups is 1. The number of carbonyl (C=O) groups excluding carboxylic acids is 1. The number of aromatic nitrogens is 1. The lowest BCUT2D eigenvalue weighted by molar-refractivity contribution is -0.137. The van der Waals surface area contributed by atoms with Crippen molar-refractivity contribution in [1.29, 1.82) is 0 Å². The Morgan fingerprint density at radius 1 is 1.03 bits per heavy atom. The maximum Gasteiger partial charge on any atom is 0.416 e. The number of amides is 1. The van der Waals surface area contributed by atoms with Crippen LogP contribution in [0.1, 0.15) is 51.5 Å². The molecular formula is C27H24F3N3O. The molecule has 1 heterocycles. The number of rotatable bonds is 5. The Hall–Kier alpha value is -4.05. The van der Waals surface area contributed by atoms with Crippen molar-refractivity contribution < 1.29 is 18.0 Å². The molecule has 0 saturated heterocycles. The third-order valence-corrected chi connectivity index (χ3v) is 4.99. The molecule has 174 valence electrons. The van der Waals surface area contributed by atoms with Crippen molar-refractivity contribution in [3.05, 3.63) is 100 Å². The van der Waals surface area contributed by atoms with Gasteiger partial charge in [-0.15, -0.1) is 0 Å². The van der Waals surface area contributed by atoms with Crippen molar-refractivity contribution in [3.63, 3.8) is 0 Å². The number of benzene rings is 2. The van der Waals surface area contributed by atoms with Crippen LogP contribution in [0.4, 0.5) is 24.7 Å². The van der Waals surface area contributed by atoms with Gasteiger partial charge in [0.2, 0.25) is 0 Å². The molecule has 0 bridgehead atoms. The Morgan fingerprint density at radius 2 is 1.82 bits per heavy atom. The van der Waals surface area contributed by atoms with Crippen molar-refractivity contribution >= 4 is 17.4 Å². The largest absolute Gasteiger partial charge is 0.416 e. The van der Waals surface area contributed by atoms with E-state index in [1.54, 1.807) is 18.2 Å². The van der Waals surface area contributed by atoms with Gasteiger partial charge in [-0.1, -0.05) is 30.9 Å². The van der Waals surface area contributed by atoms with Crippen LogP contribution in [0.5, 0.6) is 0 Å². The number of hydrogen-bond donors (Lipinski definition) is 2. The van der Waals surface area contributed by atoms with Crippen LogP contribution in [0.15, 0.2) is 67.0 Å². The van der Waals surface area contributed by atoms with Gasteiger partial charge >= 0.3 is 6.18 Å². The monoisotopic (exact) mass is 463 g/mol. The van der Waals surface area contributed by atoms with Crippen LogP contribution < -0.4 is 10.6 Å². The van der Waals surface area contributed by atoms with Gasteiger partial charge < -0.3 is 10.6 Å². The molecule has 7 heteroatoms. The highest BCUT2D eigenvalue weighted by Crippen LogP contribution is 2.30. The molecule has 1 aromatic heterocycles. The van der Waals surface area contributed by atoms with E-state index in [1.807, 2.05) is 44.3 Å². The Balaban J connectivity index is 1.79. The zero-order valence-electron chi connectivity index (χ0n) is 19.0. The average molecular weight is 464 g/mol. The molecule has 0 fully saturated rings. The molecule has 0 saturated carbocycles. The standard InChI is InChI=1S/C27H24F3N3O/c1-4-5-13-31-24-11-8-20(15-19(24)3)7-10-21-16-22(9-6-18(21)2)26(34)33-25-17-23(12-14-32-25)27(28,29)30/h5-6,8-9,11-17,31H,4H2,1-3H3,(H,32,33,34)/b13-5+. The lowest BCUT2D eigenvalue weighted by Crippen LogP contribution is -2.14. The maximum absolute atomic E-state index is 12.9. The maximum atomic E-state index is 12.9. The molecule has 3 aromatic rings. The zero-order valence-corrected chi connectivity index (χ0v) is 19.0. The van der Waals surface area contributed by atoms with Crippen molar-refractivity contribution in [3.8, 4) is 11.8 Å². The predicted molar refractivity (Wildman–Crippen MR) is 129 cm³/mol. The van der Waals surface area contributed by atoms with Gasteiger partial charge in [0.15, 0.2) is 0 Å². The Morgan fingerprint density at radius 3 is 2.53 bits per heavy atom. The van der Waals surface area contributed by atoms with Gasteiger partial charge in [-0.05, 0) is 80.1 Å². The van der Waals surface area contributed by atoms with E-state index in [0.717, 1.165) is 47.1 Å². The highest BCUT2D eigenvalue weighted by atomic mass is 19.4.